The van der Waals surface area contributed by atoms with Crippen molar-refractivity contribution in [2.24, 2.45) is 0 Å². The zero-order valence-corrected chi connectivity index (χ0v) is 20.7. The molecule has 3 aromatic rings. The van der Waals surface area contributed by atoms with Crippen LogP contribution in [0.2, 0.25) is 0 Å². The maximum atomic E-state index is 5.79. The zero-order valence-electron chi connectivity index (χ0n) is 18.3. The number of hydrogen-bond donors (Lipinski definition) is 1. The molecule has 0 aliphatic carbocycles. The minimum atomic E-state index is 0.00901. The van der Waals surface area contributed by atoms with E-state index < -0.39 is 0 Å². The first kappa shape index (κ1) is 22.0. The van der Waals surface area contributed by atoms with E-state index in [0.29, 0.717) is 0 Å². The summed E-state index contributed by atoms with van der Waals surface area (Å²) in [6.45, 7) is 6.15. The van der Waals surface area contributed by atoms with E-state index in [1.54, 1.807) is 0 Å². The van der Waals surface area contributed by atoms with Crippen molar-refractivity contribution in [3.63, 3.8) is 0 Å². The summed E-state index contributed by atoms with van der Waals surface area (Å²) in [7, 11) is 4.19. The highest BCUT2D eigenvalue weighted by Gasteiger charge is 2.41. The Morgan fingerprint density at radius 2 is 1.87 bits per heavy atom. The van der Waals surface area contributed by atoms with Gasteiger partial charge in [-0.2, -0.15) is 0 Å². The number of thiocarbonyl (C=S) groups is 1. The summed E-state index contributed by atoms with van der Waals surface area (Å²) in [5, 5.41) is 4.34. The van der Waals surface area contributed by atoms with Crippen LogP contribution in [0.25, 0.3) is 5.69 Å². The van der Waals surface area contributed by atoms with Crippen molar-refractivity contribution in [1.29, 1.82) is 0 Å². The van der Waals surface area contributed by atoms with E-state index >= 15 is 0 Å². The molecule has 5 nitrogen and oxygen atoms in total. The second-order valence-electron chi connectivity index (χ2n) is 8.26. The number of rotatable bonds is 6. The van der Waals surface area contributed by atoms with Crippen LogP contribution in [0.5, 0.6) is 0 Å². The van der Waals surface area contributed by atoms with Crippen LogP contribution >= 0.6 is 28.1 Å². The van der Waals surface area contributed by atoms with Gasteiger partial charge in [0, 0.05) is 40.8 Å². The molecule has 1 aliphatic heterocycles. The van der Waals surface area contributed by atoms with Gasteiger partial charge in [0.2, 0.25) is 0 Å². The van der Waals surface area contributed by atoms with Gasteiger partial charge in [0.1, 0.15) is 0 Å². The van der Waals surface area contributed by atoms with Gasteiger partial charge in [0.15, 0.2) is 5.11 Å². The standard InChI is InChI=1S/C24H28BrN5S/c1-16-15-20(17(2)30(16)19-10-8-18(25)9-11-19)23-22(21-7-5-6-12-26-21)27-24(31)29(23)14-13-28(3)4/h5-12,15,22-23H,13-14H2,1-4H3,(H,27,31)/t22-,23+/m0/s1. The summed E-state index contributed by atoms with van der Waals surface area (Å²) in [5.74, 6) is 0. The van der Waals surface area contributed by atoms with Crippen LogP contribution in [0.1, 0.15) is 34.7 Å². The molecule has 1 N–H and O–H groups in total. The van der Waals surface area contributed by atoms with Gasteiger partial charge in [-0.3, -0.25) is 4.98 Å². The third-order valence-electron chi connectivity index (χ3n) is 5.86. The van der Waals surface area contributed by atoms with Crippen molar-refractivity contribution in [2.45, 2.75) is 25.9 Å². The first-order valence-corrected chi connectivity index (χ1v) is 11.6. The zero-order chi connectivity index (χ0) is 22.1. The number of pyridine rings is 1. The molecule has 1 fully saturated rings. The van der Waals surface area contributed by atoms with Gasteiger partial charge in [-0.05, 0) is 88.2 Å². The van der Waals surface area contributed by atoms with Crippen molar-refractivity contribution in [1.82, 2.24) is 24.7 Å². The molecule has 3 heterocycles. The van der Waals surface area contributed by atoms with Crippen LogP contribution in [0, 0.1) is 13.8 Å². The highest BCUT2D eigenvalue weighted by molar-refractivity contribution is 9.10. The molecule has 0 unspecified atom stereocenters. The normalized spacial score (nSPS) is 18.6. The van der Waals surface area contributed by atoms with Crippen molar-refractivity contribution in [3.05, 3.63) is 81.8 Å². The van der Waals surface area contributed by atoms with Gasteiger partial charge in [-0.1, -0.05) is 22.0 Å². The van der Waals surface area contributed by atoms with E-state index in [9.17, 15) is 0 Å². The number of aryl methyl sites for hydroxylation is 1. The fourth-order valence-electron chi connectivity index (χ4n) is 4.37. The van der Waals surface area contributed by atoms with Crippen LogP contribution in [0.4, 0.5) is 0 Å². The maximum absolute atomic E-state index is 5.79. The fourth-order valence-corrected chi connectivity index (χ4v) is 4.96. The first-order valence-electron chi connectivity index (χ1n) is 10.4. The van der Waals surface area contributed by atoms with Gasteiger partial charge < -0.3 is 19.7 Å². The van der Waals surface area contributed by atoms with E-state index in [1.165, 1.54) is 17.0 Å². The number of aromatic nitrogens is 2. The van der Waals surface area contributed by atoms with Crippen LogP contribution in [0.15, 0.2) is 59.2 Å². The minimum absolute atomic E-state index is 0.00901. The van der Waals surface area contributed by atoms with Gasteiger partial charge in [-0.15, -0.1) is 0 Å². The molecule has 4 rings (SSSR count). The van der Waals surface area contributed by atoms with Gasteiger partial charge in [-0.25, -0.2) is 0 Å². The third-order valence-corrected chi connectivity index (χ3v) is 6.74. The Hall–Kier alpha value is -2.22. The van der Waals surface area contributed by atoms with Crippen molar-refractivity contribution >= 4 is 33.3 Å². The topological polar surface area (TPSA) is 36.3 Å². The molecule has 1 aliphatic rings. The number of benzene rings is 1. The Morgan fingerprint density at radius 3 is 2.52 bits per heavy atom. The molecule has 0 saturated carbocycles. The largest absolute Gasteiger partial charge is 0.352 e. The lowest BCUT2D eigenvalue weighted by Crippen LogP contribution is -2.35. The molecule has 162 valence electrons. The summed E-state index contributed by atoms with van der Waals surface area (Å²) in [5.41, 5.74) is 5.89. The third kappa shape index (κ3) is 4.40. The Morgan fingerprint density at radius 1 is 1.13 bits per heavy atom. The number of nitrogens with one attached hydrogen (secondary N) is 1. The quantitative estimate of drug-likeness (QED) is 0.495. The molecule has 31 heavy (non-hydrogen) atoms. The summed E-state index contributed by atoms with van der Waals surface area (Å²) in [4.78, 5) is 9.17. The molecule has 1 aromatic carbocycles. The number of nitrogens with zero attached hydrogens (tertiary/aromatic N) is 4. The lowest BCUT2D eigenvalue weighted by Gasteiger charge is -2.29. The Balaban J connectivity index is 1.80. The second kappa shape index (κ2) is 9.10. The summed E-state index contributed by atoms with van der Waals surface area (Å²) < 4.78 is 3.40. The van der Waals surface area contributed by atoms with Crippen molar-refractivity contribution in [3.8, 4) is 5.69 Å². The minimum Gasteiger partial charge on any atom is -0.352 e. The molecule has 0 bridgehead atoms. The molecule has 1 saturated heterocycles. The predicted octanol–water partition coefficient (Wildman–Crippen LogP) is 4.79. The average molecular weight is 498 g/mol. The predicted molar refractivity (Wildman–Crippen MR) is 134 cm³/mol. The van der Waals surface area contributed by atoms with Crippen LogP contribution in [-0.2, 0) is 0 Å². The lowest BCUT2D eigenvalue weighted by atomic mass is 9.97. The highest BCUT2D eigenvalue weighted by Crippen LogP contribution is 2.41. The Kier molecular flexibility index (Phi) is 6.46. The highest BCUT2D eigenvalue weighted by atomic mass is 79.9. The number of likely N-dealkylation sites (N-methyl/N-ethyl adjacent to an activating group) is 1. The van der Waals surface area contributed by atoms with Crippen LogP contribution < -0.4 is 5.32 Å². The van der Waals surface area contributed by atoms with E-state index in [1.807, 2.05) is 18.3 Å². The van der Waals surface area contributed by atoms with E-state index in [-0.39, 0.29) is 12.1 Å². The number of halogens is 1. The average Bonchev–Trinajstić information content (AvgIpc) is 3.23. The summed E-state index contributed by atoms with van der Waals surface area (Å²) in [6, 6.07) is 16.9. The number of hydrogen-bond acceptors (Lipinski definition) is 3. The van der Waals surface area contributed by atoms with Gasteiger partial charge in [0.25, 0.3) is 0 Å². The van der Waals surface area contributed by atoms with Crippen molar-refractivity contribution in [2.75, 3.05) is 27.2 Å². The van der Waals surface area contributed by atoms with E-state index in [2.05, 4.69) is 105 Å². The molecule has 0 spiro atoms. The van der Waals surface area contributed by atoms with Crippen molar-refractivity contribution < 1.29 is 0 Å². The molecule has 7 heteroatoms. The molecular weight excluding hydrogens is 470 g/mol. The monoisotopic (exact) mass is 497 g/mol. The molecular formula is C24H28BrN5S. The SMILES string of the molecule is Cc1cc([C@@H]2[C@H](c3ccccn3)NC(=S)N2CCN(C)C)c(C)n1-c1ccc(Br)cc1. The molecule has 2 atom stereocenters. The van der Waals surface area contributed by atoms with E-state index in [4.69, 9.17) is 12.2 Å². The Bertz CT molecular complexity index is 1060. The molecule has 0 radical (unpaired) electrons. The fraction of sp³-hybridized carbons (Fsp3) is 0.333. The molecule has 0 amide bonds. The maximum Gasteiger partial charge on any atom is 0.170 e. The van der Waals surface area contributed by atoms with Gasteiger partial charge in [0.05, 0.1) is 17.8 Å². The van der Waals surface area contributed by atoms with Gasteiger partial charge >= 0.3 is 0 Å². The first-order chi connectivity index (χ1) is 14.9. The smallest absolute Gasteiger partial charge is 0.170 e. The van der Waals surface area contributed by atoms with Crippen LogP contribution in [0.3, 0.4) is 0 Å². The molecule has 2 aromatic heterocycles. The lowest BCUT2D eigenvalue weighted by molar-refractivity contribution is 0.277. The van der Waals surface area contributed by atoms with Crippen LogP contribution in [-0.4, -0.2) is 51.6 Å². The van der Waals surface area contributed by atoms with E-state index in [0.717, 1.165) is 34.1 Å². The Labute approximate surface area is 198 Å². The summed E-state index contributed by atoms with van der Waals surface area (Å²) in [6.07, 6.45) is 1.85. The summed E-state index contributed by atoms with van der Waals surface area (Å²) >= 11 is 9.34. The second-order valence-corrected chi connectivity index (χ2v) is 9.56.